The molecule has 1 heterocycles. The molecule has 5 nitrogen and oxygen atoms in total. The molecule has 0 aliphatic heterocycles. The number of nitrogens with zero attached hydrogens (tertiary/aromatic N) is 3. The molecule has 0 amide bonds. The molecule has 0 N–H and O–H groups in total. The van der Waals surface area contributed by atoms with Gasteiger partial charge in [-0.15, -0.1) is 5.10 Å². The quantitative estimate of drug-likeness (QED) is 0.796. The summed E-state index contributed by atoms with van der Waals surface area (Å²) < 4.78 is 6.58. The van der Waals surface area contributed by atoms with Gasteiger partial charge in [0, 0.05) is 17.1 Å². The van der Waals surface area contributed by atoms with Gasteiger partial charge in [0.05, 0.1) is 7.11 Å². The SMILES string of the molecule is COC(=O)c1nnn(CCC2CC2)c1-c1ccc(Cl)cc1. The van der Waals surface area contributed by atoms with Crippen LogP contribution in [0.15, 0.2) is 24.3 Å². The van der Waals surface area contributed by atoms with Gasteiger partial charge < -0.3 is 4.74 Å². The number of aromatic nitrogens is 3. The first kappa shape index (κ1) is 14.1. The third-order valence-corrected chi connectivity index (χ3v) is 3.93. The van der Waals surface area contributed by atoms with Gasteiger partial charge in [0.15, 0.2) is 5.69 Å². The minimum Gasteiger partial charge on any atom is -0.464 e. The zero-order valence-electron chi connectivity index (χ0n) is 11.8. The summed E-state index contributed by atoms with van der Waals surface area (Å²) in [7, 11) is 1.34. The molecular weight excluding hydrogens is 290 g/mol. The van der Waals surface area contributed by atoms with Crippen LogP contribution in [0, 0.1) is 5.92 Å². The largest absolute Gasteiger partial charge is 0.464 e. The highest BCUT2D eigenvalue weighted by Gasteiger charge is 2.25. The molecule has 1 aliphatic carbocycles. The molecule has 6 heteroatoms. The zero-order chi connectivity index (χ0) is 14.8. The van der Waals surface area contributed by atoms with Crippen LogP contribution in [0.3, 0.4) is 0 Å². The normalized spacial score (nSPS) is 14.2. The fourth-order valence-electron chi connectivity index (χ4n) is 2.31. The topological polar surface area (TPSA) is 57.0 Å². The molecule has 0 unspecified atom stereocenters. The minimum atomic E-state index is -0.474. The Morgan fingerprint density at radius 1 is 1.38 bits per heavy atom. The summed E-state index contributed by atoms with van der Waals surface area (Å²) >= 11 is 5.92. The van der Waals surface area contributed by atoms with Crippen LogP contribution in [0.25, 0.3) is 11.3 Å². The van der Waals surface area contributed by atoms with E-state index in [9.17, 15) is 4.79 Å². The molecule has 0 atom stereocenters. The number of rotatable bonds is 5. The van der Waals surface area contributed by atoms with Crippen molar-refractivity contribution in [3.63, 3.8) is 0 Å². The number of esters is 1. The first-order chi connectivity index (χ1) is 10.2. The van der Waals surface area contributed by atoms with E-state index in [2.05, 4.69) is 10.3 Å². The predicted octanol–water partition coefficient (Wildman–Crippen LogP) is 3.19. The van der Waals surface area contributed by atoms with Crippen LogP contribution in [0.2, 0.25) is 5.02 Å². The van der Waals surface area contributed by atoms with Gasteiger partial charge in [-0.3, -0.25) is 0 Å². The van der Waals surface area contributed by atoms with E-state index in [4.69, 9.17) is 16.3 Å². The lowest BCUT2D eigenvalue weighted by atomic mass is 10.1. The summed E-state index contributed by atoms with van der Waals surface area (Å²) in [6, 6.07) is 7.30. The van der Waals surface area contributed by atoms with Crippen LogP contribution in [0.4, 0.5) is 0 Å². The number of hydrogen-bond acceptors (Lipinski definition) is 4. The minimum absolute atomic E-state index is 0.246. The molecule has 0 saturated heterocycles. The molecule has 1 aromatic heterocycles. The Morgan fingerprint density at radius 2 is 2.10 bits per heavy atom. The summed E-state index contributed by atoms with van der Waals surface area (Å²) in [4.78, 5) is 11.9. The Balaban J connectivity index is 1.97. The van der Waals surface area contributed by atoms with Crippen LogP contribution in [-0.4, -0.2) is 28.1 Å². The molecule has 1 saturated carbocycles. The molecule has 2 aromatic rings. The highest BCUT2D eigenvalue weighted by atomic mass is 35.5. The van der Waals surface area contributed by atoms with Crippen LogP contribution < -0.4 is 0 Å². The molecule has 0 bridgehead atoms. The number of halogens is 1. The average Bonchev–Trinajstić information content (AvgIpc) is 3.24. The Labute approximate surface area is 127 Å². The Kier molecular flexibility index (Phi) is 3.92. The lowest BCUT2D eigenvalue weighted by Gasteiger charge is -2.07. The van der Waals surface area contributed by atoms with Gasteiger partial charge in [0.2, 0.25) is 0 Å². The molecule has 1 aliphatic rings. The lowest BCUT2D eigenvalue weighted by Crippen LogP contribution is -2.07. The van der Waals surface area contributed by atoms with E-state index in [1.165, 1.54) is 20.0 Å². The smallest absolute Gasteiger partial charge is 0.360 e. The summed E-state index contributed by atoms with van der Waals surface area (Å²) in [5, 5.41) is 8.75. The lowest BCUT2D eigenvalue weighted by molar-refractivity contribution is 0.0595. The van der Waals surface area contributed by atoms with Crippen molar-refractivity contribution >= 4 is 17.6 Å². The first-order valence-electron chi connectivity index (χ1n) is 6.97. The van der Waals surface area contributed by atoms with E-state index in [0.29, 0.717) is 10.7 Å². The monoisotopic (exact) mass is 305 g/mol. The highest BCUT2D eigenvalue weighted by Crippen LogP contribution is 2.33. The van der Waals surface area contributed by atoms with Gasteiger partial charge >= 0.3 is 5.97 Å². The van der Waals surface area contributed by atoms with Gasteiger partial charge in [-0.25, -0.2) is 9.48 Å². The van der Waals surface area contributed by atoms with Crippen LogP contribution in [0.1, 0.15) is 29.8 Å². The standard InChI is InChI=1S/C15H16ClN3O2/c1-21-15(20)13-14(11-4-6-12(16)7-5-11)19(18-17-13)9-8-10-2-3-10/h4-7,10H,2-3,8-9H2,1H3. The van der Waals surface area contributed by atoms with Crippen molar-refractivity contribution in [1.29, 1.82) is 0 Å². The number of ether oxygens (including phenoxy) is 1. The van der Waals surface area contributed by atoms with Gasteiger partial charge in [-0.05, 0) is 24.5 Å². The van der Waals surface area contributed by atoms with E-state index in [1.807, 2.05) is 12.1 Å². The third kappa shape index (κ3) is 3.08. The number of aryl methyl sites for hydroxylation is 1. The molecule has 0 radical (unpaired) electrons. The summed E-state index contributed by atoms with van der Waals surface area (Å²) in [5.41, 5.74) is 1.80. The van der Waals surface area contributed by atoms with Crippen LogP contribution in [-0.2, 0) is 11.3 Å². The maximum atomic E-state index is 11.9. The molecule has 21 heavy (non-hydrogen) atoms. The van der Waals surface area contributed by atoms with Crippen LogP contribution in [0.5, 0.6) is 0 Å². The fraction of sp³-hybridized carbons (Fsp3) is 0.400. The van der Waals surface area contributed by atoms with Gasteiger partial charge in [-0.1, -0.05) is 41.8 Å². The summed E-state index contributed by atoms with van der Waals surface area (Å²) in [6.07, 6.45) is 3.63. The van der Waals surface area contributed by atoms with Crippen molar-refractivity contribution < 1.29 is 9.53 Å². The molecule has 1 fully saturated rings. The van der Waals surface area contributed by atoms with Gasteiger partial charge in [0.25, 0.3) is 0 Å². The summed E-state index contributed by atoms with van der Waals surface area (Å²) in [5.74, 6) is 0.312. The Bertz CT molecular complexity index is 647. The zero-order valence-corrected chi connectivity index (χ0v) is 12.5. The van der Waals surface area contributed by atoms with Crippen LogP contribution >= 0.6 is 11.6 Å². The number of benzene rings is 1. The maximum absolute atomic E-state index is 11.9. The van der Waals surface area contributed by atoms with Gasteiger partial charge in [-0.2, -0.15) is 0 Å². The second-order valence-corrected chi connectivity index (χ2v) is 5.68. The third-order valence-electron chi connectivity index (χ3n) is 3.68. The van der Waals surface area contributed by atoms with E-state index >= 15 is 0 Å². The first-order valence-corrected chi connectivity index (χ1v) is 7.34. The van der Waals surface area contributed by atoms with E-state index in [1.54, 1.807) is 16.8 Å². The number of carbonyl (C=O) groups is 1. The number of carbonyl (C=O) groups excluding carboxylic acids is 1. The Hall–Kier alpha value is -1.88. The summed E-state index contributed by atoms with van der Waals surface area (Å²) in [6.45, 7) is 0.757. The van der Waals surface area contributed by atoms with E-state index in [-0.39, 0.29) is 5.69 Å². The highest BCUT2D eigenvalue weighted by molar-refractivity contribution is 6.30. The number of methoxy groups -OCH3 is 1. The molecule has 110 valence electrons. The van der Waals surface area contributed by atoms with Crippen molar-refractivity contribution in [2.45, 2.75) is 25.8 Å². The molecular formula is C15H16ClN3O2. The van der Waals surface area contributed by atoms with Crippen molar-refractivity contribution in [2.75, 3.05) is 7.11 Å². The van der Waals surface area contributed by atoms with E-state index < -0.39 is 5.97 Å². The Morgan fingerprint density at radius 3 is 2.71 bits per heavy atom. The van der Waals surface area contributed by atoms with Crippen molar-refractivity contribution in [2.24, 2.45) is 5.92 Å². The molecule has 3 rings (SSSR count). The second kappa shape index (κ2) is 5.85. The fourth-order valence-corrected chi connectivity index (χ4v) is 2.43. The maximum Gasteiger partial charge on any atom is 0.360 e. The molecule has 1 aromatic carbocycles. The molecule has 0 spiro atoms. The van der Waals surface area contributed by atoms with Gasteiger partial charge in [0.1, 0.15) is 5.69 Å². The van der Waals surface area contributed by atoms with E-state index in [0.717, 1.165) is 24.4 Å². The average molecular weight is 306 g/mol. The van der Waals surface area contributed by atoms with Crippen molar-refractivity contribution in [3.05, 3.63) is 35.0 Å². The van der Waals surface area contributed by atoms with Crippen molar-refractivity contribution in [3.8, 4) is 11.3 Å². The predicted molar refractivity (Wildman–Crippen MR) is 79.1 cm³/mol. The van der Waals surface area contributed by atoms with Crippen molar-refractivity contribution in [1.82, 2.24) is 15.0 Å². The number of hydrogen-bond donors (Lipinski definition) is 0. The second-order valence-electron chi connectivity index (χ2n) is 5.24.